The summed E-state index contributed by atoms with van der Waals surface area (Å²) in [5, 5.41) is 0.656. The van der Waals surface area contributed by atoms with Gasteiger partial charge >= 0.3 is 6.03 Å². The summed E-state index contributed by atoms with van der Waals surface area (Å²) in [4.78, 5) is 23.2. The first-order valence-corrected chi connectivity index (χ1v) is 9.84. The highest BCUT2D eigenvalue weighted by atomic mass is 35.5. The Morgan fingerprint density at radius 3 is 2.68 bits per heavy atom. The summed E-state index contributed by atoms with van der Waals surface area (Å²) >= 11 is 6.12. The van der Waals surface area contributed by atoms with Crippen LogP contribution < -0.4 is 4.90 Å². The van der Waals surface area contributed by atoms with Crippen molar-refractivity contribution in [3.8, 4) is 0 Å². The maximum Gasteiger partial charge on any atom is 0.320 e. The Hall–Kier alpha value is -2.34. The summed E-state index contributed by atoms with van der Waals surface area (Å²) in [6, 6.07) is 10.3. The van der Waals surface area contributed by atoms with E-state index in [1.54, 1.807) is 31.1 Å². The number of carbonyl (C=O) groups is 1. The molecule has 5 nitrogen and oxygen atoms in total. The fourth-order valence-corrected chi connectivity index (χ4v) is 4.62. The Kier molecular flexibility index (Phi) is 4.91. The van der Waals surface area contributed by atoms with Crippen LogP contribution in [0.25, 0.3) is 0 Å². The molecule has 0 bridgehead atoms. The van der Waals surface area contributed by atoms with Crippen molar-refractivity contribution >= 4 is 23.4 Å². The summed E-state index contributed by atoms with van der Waals surface area (Å²) in [6.45, 7) is 4.15. The van der Waals surface area contributed by atoms with Crippen LogP contribution in [0.2, 0.25) is 5.02 Å². The van der Waals surface area contributed by atoms with Gasteiger partial charge in [-0.2, -0.15) is 0 Å². The molecule has 2 aliphatic rings. The van der Waals surface area contributed by atoms with Gasteiger partial charge in [0.25, 0.3) is 0 Å². The zero-order valence-corrected chi connectivity index (χ0v) is 17.0. The summed E-state index contributed by atoms with van der Waals surface area (Å²) in [6.07, 6.45) is 0. The number of anilines is 1. The number of rotatable bonds is 2. The van der Waals surface area contributed by atoms with Crippen molar-refractivity contribution < 1.29 is 9.18 Å². The molecular weight excluding hydrogens is 379 g/mol. The monoisotopic (exact) mass is 402 g/mol. The van der Waals surface area contributed by atoms with E-state index in [1.807, 2.05) is 30.0 Å². The van der Waals surface area contributed by atoms with Crippen LogP contribution in [0, 0.1) is 24.6 Å². The third-order valence-electron chi connectivity index (χ3n) is 5.81. The van der Waals surface area contributed by atoms with E-state index in [2.05, 4.69) is 9.88 Å². The van der Waals surface area contributed by atoms with Crippen LogP contribution in [0.3, 0.4) is 0 Å². The second-order valence-corrected chi connectivity index (χ2v) is 8.30. The second kappa shape index (κ2) is 7.24. The van der Waals surface area contributed by atoms with Gasteiger partial charge in [0.2, 0.25) is 0 Å². The smallest absolute Gasteiger partial charge is 0.320 e. The first kappa shape index (κ1) is 19.0. The normalized spacial score (nSPS) is 23.8. The number of carbonyl (C=O) groups excluding carboxylic acids is 1. The lowest BCUT2D eigenvalue weighted by Gasteiger charge is -2.32. The fraction of sp³-hybridized carbons (Fsp3) is 0.429. The van der Waals surface area contributed by atoms with E-state index in [0.29, 0.717) is 17.5 Å². The lowest BCUT2D eigenvalue weighted by molar-refractivity contribution is 0.159. The van der Waals surface area contributed by atoms with Gasteiger partial charge in [0.1, 0.15) is 11.6 Å². The maximum atomic E-state index is 13.9. The Bertz CT molecular complexity index is 906. The Labute approximate surface area is 169 Å². The molecule has 2 amide bonds. The van der Waals surface area contributed by atoms with E-state index in [-0.39, 0.29) is 23.8 Å². The minimum Gasteiger partial charge on any atom is -0.356 e. The van der Waals surface area contributed by atoms with Gasteiger partial charge in [-0.05, 0) is 36.8 Å². The van der Waals surface area contributed by atoms with Gasteiger partial charge in [0, 0.05) is 45.6 Å². The zero-order valence-electron chi connectivity index (χ0n) is 16.3. The van der Waals surface area contributed by atoms with Gasteiger partial charge in [-0.25, -0.2) is 14.2 Å². The third-order valence-corrected chi connectivity index (χ3v) is 6.21. The van der Waals surface area contributed by atoms with E-state index >= 15 is 0 Å². The van der Waals surface area contributed by atoms with Gasteiger partial charge in [-0.1, -0.05) is 23.7 Å². The molecule has 148 valence electrons. The van der Waals surface area contributed by atoms with Crippen LogP contribution in [-0.2, 0) is 0 Å². The lowest BCUT2D eigenvalue weighted by Crippen LogP contribution is -2.41. The van der Waals surface area contributed by atoms with Crippen molar-refractivity contribution in [1.29, 1.82) is 0 Å². The first-order chi connectivity index (χ1) is 13.3. The molecule has 0 spiro atoms. The van der Waals surface area contributed by atoms with Gasteiger partial charge in [-0.3, -0.25) is 0 Å². The van der Waals surface area contributed by atoms with Gasteiger partial charge < -0.3 is 14.7 Å². The number of nitrogens with zero attached hydrogens (tertiary/aromatic N) is 4. The number of halogens is 2. The van der Waals surface area contributed by atoms with Crippen LogP contribution in [0.4, 0.5) is 15.0 Å². The molecule has 4 rings (SSSR count). The fourth-order valence-electron chi connectivity index (χ4n) is 4.51. The van der Waals surface area contributed by atoms with Crippen molar-refractivity contribution in [2.75, 3.05) is 38.6 Å². The molecule has 0 radical (unpaired) electrons. The van der Waals surface area contributed by atoms with Gasteiger partial charge in [-0.15, -0.1) is 0 Å². The number of hydrogen-bond acceptors (Lipinski definition) is 3. The summed E-state index contributed by atoms with van der Waals surface area (Å²) in [5.41, 5.74) is 1.66. The molecule has 28 heavy (non-hydrogen) atoms. The highest BCUT2D eigenvalue weighted by Crippen LogP contribution is 2.46. The van der Waals surface area contributed by atoms with E-state index in [4.69, 9.17) is 11.6 Å². The van der Waals surface area contributed by atoms with Gasteiger partial charge in [0.05, 0.1) is 16.8 Å². The molecule has 2 aliphatic heterocycles. The molecule has 3 atom stereocenters. The van der Waals surface area contributed by atoms with E-state index in [1.165, 1.54) is 6.07 Å². The molecule has 1 aromatic carbocycles. The Morgan fingerprint density at radius 1 is 1.21 bits per heavy atom. The quantitative estimate of drug-likeness (QED) is 0.763. The van der Waals surface area contributed by atoms with Crippen LogP contribution in [0.1, 0.15) is 17.3 Å². The van der Waals surface area contributed by atoms with Crippen LogP contribution in [0.5, 0.6) is 0 Å². The SMILES string of the molecule is Cc1nc(N2C[C@@H]3CN(C(=O)N(C)C)[C@@H](c4cccc(F)c4)[C@@H]3C2)ccc1Cl. The largest absolute Gasteiger partial charge is 0.356 e. The number of urea groups is 1. The predicted molar refractivity (Wildman–Crippen MR) is 108 cm³/mol. The third kappa shape index (κ3) is 3.30. The minimum absolute atomic E-state index is 0.0318. The number of hydrogen-bond donors (Lipinski definition) is 0. The molecule has 1 aromatic heterocycles. The number of amides is 2. The molecule has 0 saturated carbocycles. The van der Waals surface area contributed by atoms with Gasteiger partial charge in [0.15, 0.2) is 0 Å². The second-order valence-electron chi connectivity index (χ2n) is 7.89. The number of aryl methyl sites for hydroxylation is 1. The van der Waals surface area contributed by atoms with E-state index in [0.717, 1.165) is 30.2 Å². The van der Waals surface area contributed by atoms with E-state index < -0.39 is 0 Å². The number of likely N-dealkylation sites (tertiary alicyclic amines) is 1. The average Bonchev–Trinajstić information content (AvgIpc) is 3.21. The molecule has 2 aromatic rings. The lowest BCUT2D eigenvalue weighted by atomic mass is 9.89. The van der Waals surface area contributed by atoms with Crippen molar-refractivity contribution in [2.24, 2.45) is 11.8 Å². The summed E-state index contributed by atoms with van der Waals surface area (Å²) in [5.74, 6) is 1.17. The molecule has 0 aliphatic carbocycles. The first-order valence-electron chi connectivity index (χ1n) is 9.46. The molecule has 2 saturated heterocycles. The standard InChI is InChI=1S/C21H24ClFN4O/c1-13-18(22)7-8-19(24-13)26-10-15-11-27(21(28)25(2)3)20(17(15)12-26)14-5-4-6-16(23)9-14/h4-9,15,17,20H,10-12H2,1-3H3/t15-,17-,20+/m1/s1. The molecule has 7 heteroatoms. The average molecular weight is 403 g/mol. The number of fused-ring (bicyclic) bond motifs is 1. The molecular formula is C21H24ClFN4O. The van der Waals surface area contributed by atoms with Crippen molar-refractivity contribution in [1.82, 2.24) is 14.8 Å². The van der Waals surface area contributed by atoms with Crippen LogP contribution in [-0.4, -0.2) is 54.5 Å². The predicted octanol–water partition coefficient (Wildman–Crippen LogP) is 3.97. The van der Waals surface area contributed by atoms with Crippen molar-refractivity contribution in [3.63, 3.8) is 0 Å². The number of pyridine rings is 1. The van der Waals surface area contributed by atoms with E-state index in [9.17, 15) is 9.18 Å². The Morgan fingerprint density at radius 2 is 2.00 bits per heavy atom. The minimum atomic E-state index is -0.275. The Balaban J connectivity index is 1.65. The van der Waals surface area contributed by atoms with Crippen LogP contribution >= 0.6 is 11.6 Å². The topological polar surface area (TPSA) is 39.7 Å². The highest BCUT2D eigenvalue weighted by Gasteiger charge is 2.49. The van der Waals surface area contributed by atoms with Crippen LogP contribution in [0.15, 0.2) is 36.4 Å². The number of aromatic nitrogens is 1. The molecule has 0 N–H and O–H groups in total. The maximum absolute atomic E-state index is 13.9. The van der Waals surface area contributed by atoms with Crippen molar-refractivity contribution in [3.05, 3.63) is 58.5 Å². The molecule has 2 fully saturated rings. The summed E-state index contributed by atoms with van der Waals surface area (Å²) < 4.78 is 13.9. The molecule has 0 unspecified atom stereocenters. The highest BCUT2D eigenvalue weighted by molar-refractivity contribution is 6.31. The number of benzene rings is 1. The molecule has 3 heterocycles. The van der Waals surface area contributed by atoms with Crippen molar-refractivity contribution in [2.45, 2.75) is 13.0 Å². The summed E-state index contributed by atoms with van der Waals surface area (Å²) in [7, 11) is 3.51. The zero-order chi connectivity index (χ0) is 20.0.